The molecule has 0 aliphatic carbocycles. The molecule has 1 N–H and O–H groups in total. The number of aldehydes is 1. The maximum Gasteiger partial charge on any atom is 0.408 e. The lowest BCUT2D eigenvalue weighted by molar-refractivity contribution is -0.111. The molecule has 0 spiro atoms. The van der Waals surface area contributed by atoms with Crippen LogP contribution in [0.2, 0.25) is 0 Å². The van der Waals surface area contributed by atoms with Crippen molar-refractivity contribution in [3.05, 3.63) is 35.9 Å². The molecular weight excluding hydrogens is 304 g/mol. The fraction of sp³-hybridized carbons (Fsp3) is 0.579. The maximum absolute atomic E-state index is 12.0. The minimum atomic E-state index is -0.576. The second kappa shape index (κ2) is 8.29. The lowest BCUT2D eigenvalue weighted by Gasteiger charge is -2.39. The Balaban J connectivity index is 2.03. The van der Waals surface area contributed by atoms with Crippen molar-refractivity contribution in [1.29, 1.82) is 0 Å². The van der Waals surface area contributed by atoms with Crippen molar-refractivity contribution in [2.75, 3.05) is 6.54 Å². The molecule has 1 amide bonds. The third-order valence-corrected chi connectivity index (χ3v) is 4.14. The predicted molar refractivity (Wildman–Crippen MR) is 93.7 cm³/mol. The Morgan fingerprint density at radius 2 is 2.04 bits per heavy atom. The number of carbonyl (C=O) groups is 2. The van der Waals surface area contributed by atoms with E-state index in [1.807, 2.05) is 39.0 Å². The highest BCUT2D eigenvalue weighted by Gasteiger charge is 2.31. The molecule has 2 rings (SSSR count). The number of nitrogens with one attached hydrogen (secondary N) is 1. The van der Waals surface area contributed by atoms with Gasteiger partial charge >= 0.3 is 6.09 Å². The largest absolute Gasteiger partial charge is 0.444 e. The number of alkyl carbamates (subject to hydrolysis) is 1. The number of nitrogens with zero attached hydrogens (tertiary/aromatic N) is 1. The van der Waals surface area contributed by atoms with Crippen LogP contribution in [0, 0.1) is 0 Å². The number of ether oxygens (including phenoxy) is 1. The molecule has 24 heavy (non-hydrogen) atoms. The van der Waals surface area contributed by atoms with Crippen molar-refractivity contribution in [3.63, 3.8) is 0 Å². The highest BCUT2D eigenvalue weighted by molar-refractivity contribution is 5.74. The molecule has 5 nitrogen and oxygen atoms in total. The van der Waals surface area contributed by atoms with E-state index in [1.54, 1.807) is 0 Å². The molecule has 1 aromatic carbocycles. The molecular formula is C19H28N2O3. The van der Waals surface area contributed by atoms with Crippen LogP contribution in [-0.2, 0) is 16.1 Å². The maximum atomic E-state index is 12.0. The second-order valence-corrected chi connectivity index (χ2v) is 7.33. The van der Waals surface area contributed by atoms with Gasteiger partial charge in [-0.1, -0.05) is 36.8 Å². The second-order valence-electron chi connectivity index (χ2n) is 7.33. The highest BCUT2D eigenvalue weighted by atomic mass is 16.6. The van der Waals surface area contributed by atoms with Gasteiger partial charge in [-0.2, -0.15) is 0 Å². The Kier molecular flexibility index (Phi) is 6.37. The Hall–Kier alpha value is -1.88. The molecule has 132 valence electrons. The third-order valence-electron chi connectivity index (χ3n) is 4.14. The van der Waals surface area contributed by atoms with E-state index < -0.39 is 17.7 Å². The number of benzene rings is 1. The van der Waals surface area contributed by atoms with E-state index in [4.69, 9.17) is 4.74 Å². The minimum absolute atomic E-state index is 0.00368. The number of likely N-dealkylation sites (tertiary alicyclic amines) is 1. The van der Waals surface area contributed by atoms with Crippen LogP contribution in [0.25, 0.3) is 0 Å². The van der Waals surface area contributed by atoms with Gasteiger partial charge in [-0.05, 0) is 45.7 Å². The van der Waals surface area contributed by atoms with Crippen molar-refractivity contribution in [3.8, 4) is 0 Å². The normalized spacial score (nSPS) is 20.2. The van der Waals surface area contributed by atoms with Crippen LogP contribution in [-0.4, -0.2) is 41.5 Å². The Morgan fingerprint density at radius 1 is 1.33 bits per heavy atom. The van der Waals surface area contributed by atoms with Crippen LogP contribution < -0.4 is 5.32 Å². The molecule has 1 fully saturated rings. The molecule has 1 aromatic rings. The highest BCUT2D eigenvalue weighted by Crippen LogP contribution is 2.22. The molecule has 2 unspecified atom stereocenters. The quantitative estimate of drug-likeness (QED) is 0.842. The molecule has 5 heteroatoms. The van der Waals surface area contributed by atoms with Gasteiger partial charge in [0.2, 0.25) is 0 Å². The molecule has 2 atom stereocenters. The van der Waals surface area contributed by atoms with E-state index in [0.717, 1.165) is 38.6 Å². The third kappa shape index (κ3) is 5.64. The summed E-state index contributed by atoms with van der Waals surface area (Å²) >= 11 is 0. The summed E-state index contributed by atoms with van der Waals surface area (Å²) in [5.41, 5.74) is 0.639. The number of amides is 1. The Morgan fingerprint density at radius 3 is 2.67 bits per heavy atom. The van der Waals surface area contributed by atoms with Gasteiger partial charge in [-0.15, -0.1) is 0 Å². The van der Waals surface area contributed by atoms with E-state index in [9.17, 15) is 9.59 Å². The van der Waals surface area contributed by atoms with Gasteiger partial charge in [-0.3, -0.25) is 4.90 Å². The summed E-state index contributed by atoms with van der Waals surface area (Å²) < 4.78 is 5.29. The van der Waals surface area contributed by atoms with Gasteiger partial charge in [0.05, 0.1) is 0 Å². The van der Waals surface area contributed by atoms with Gasteiger partial charge in [0.15, 0.2) is 0 Å². The first-order chi connectivity index (χ1) is 11.4. The van der Waals surface area contributed by atoms with Gasteiger partial charge in [0, 0.05) is 12.6 Å². The molecule has 0 bridgehead atoms. The van der Waals surface area contributed by atoms with E-state index in [0.29, 0.717) is 0 Å². The molecule has 0 radical (unpaired) electrons. The van der Waals surface area contributed by atoms with Crippen LogP contribution in [0.5, 0.6) is 0 Å². The standard InChI is InChI=1S/C19H28N2O3/c1-19(2,3)24-18(23)20-16(14-22)17-11-7-8-12-21(17)13-15-9-5-4-6-10-15/h4-6,9-10,14,16-17H,7-8,11-13H2,1-3H3,(H,20,23). The number of hydrogen-bond donors (Lipinski definition) is 1. The molecule has 1 aliphatic rings. The van der Waals surface area contributed by atoms with Crippen LogP contribution in [0.4, 0.5) is 4.79 Å². The monoisotopic (exact) mass is 332 g/mol. The summed E-state index contributed by atoms with van der Waals surface area (Å²) in [5.74, 6) is 0. The van der Waals surface area contributed by atoms with Crippen LogP contribution in [0.1, 0.15) is 45.6 Å². The average molecular weight is 332 g/mol. The summed E-state index contributed by atoms with van der Waals surface area (Å²) in [5, 5.41) is 2.74. The SMILES string of the molecule is CC(C)(C)OC(=O)NC(C=O)C1CCCCN1Cc1ccccc1. The van der Waals surface area contributed by atoms with Crippen LogP contribution >= 0.6 is 0 Å². The molecule has 0 aromatic heterocycles. The van der Waals surface area contributed by atoms with Crippen molar-refractivity contribution >= 4 is 12.4 Å². The zero-order chi connectivity index (χ0) is 17.6. The first-order valence-electron chi connectivity index (χ1n) is 8.62. The van der Waals surface area contributed by atoms with Gasteiger partial charge < -0.3 is 14.8 Å². The first kappa shape index (κ1) is 18.5. The summed E-state index contributed by atoms with van der Waals surface area (Å²) in [4.78, 5) is 25.9. The van der Waals surface area contributed by atoms with Crippen molar-refractivity contribution in [2.45, 2.75) is 64.3 Å². The zero-order valence-corrected chi connectivity index (χ0v) is 14.8. The van der Waals surface area contributed by atoms with Gasteiger partial charge in [0.25, 0.3) is 0 Å². The van der Waals surface area contributed by atoms with Gasteiger partial charge in [0.1, 0.15) is 17.9 Å². The predicted octanol–water partition coefficient (Wildman–Crippen LogP) is 3.13. The first-order valence-corrected chi connectivity index (χ1v) is 8.62. The van der Waals surface area contributed by atoms with Gasteiger partial charge in [-0.25, -0.2) is 4.79 Å². The van der Waals surface area contributed by atoms with Crippen molar-refractivity contribution in [1.82, 2.24) is 10.2 Å². The fourth-order valence-corrected chi connectivity index (χ4v) is 3.10. The Bertz CT molecular complexity index is 539. The molecule has 0 saturated carbocycles. The number of piperidine rings is 1. The summed E-state index contributed by atoms with van der Waals surface area (Å²) in [6.45, 7) is 7.15. The van der Waals surface area contributed by atoms with Crippen molar-refractivity contribution < 1.29 is 14.3 Å². The van der Waals surface area contributed by atoms with Crippen molar-refractivity contribution in [2.24, 2.45) is 0 Å². The van der Waals surface area contributed by atoms with Crippen LogP contribution in [0.3, 0.4) is 0 Å². The molecule has 1 heterocycles. The molecule has 1 saturated heterocycles. The molecule has 1 aliphatic heterocycles. The smallest absolute Gasteiger partial charge is 0.408 e. The number of hydrogen-bond acceptors (Lipinski definition) is 4. The van der Waals surface area contributed by atoms with E-state index in [-0.39, 0.29) is 6.04 Å². The zero-order valence-electron chi connectivity index (χ0n) is 14.8. The summed E-state index contributed by atoms with van der Waals surface area (Å²) in [7, 11) is 0. The summed E-state index contributed by atoms with van der Waals surface area (Å²) in [6.07, 6.45) is 3.37. The Labute approximate surface area is 144 Å². The van der Waals surface area contributed by atoms with Crippen LogP contribution in [0.15, 0.2) is 30.3 Å². The number of carbonyl (C=O) groups excluding carboxylic acids is 2. The topological polar surface area (TPSA) is 58.6 Å². The fourth-order valence-electron chi connectivity index (χ4n) is 3.10. The van der Waals surface area contributed by atoms with E-state index >= 15 is 0 Å². The van der Waals surface area contributed by atoms with E-state index in [1.165, 1.54) is 5.56 Å². The number of rotatable bonds is 5. The summed E-state index contributed by atoms with van der Waals surface area (Å²) in [6, 6.07) is 9.66. The lowest BCUT2D eigenvalue weighted by atomic mass is 9.95. The minimum Gasteiger partial charge on any atom is -0.444 e. The lowest BCUT2D eigenvalue weighted by Crippen LogP contribution is -2.54. The average Bonchev–Trinajstić information content (AvgIpc) is 2.53. The van der Waals surface area contributed by atoms with E-state index in [2.05, 4.69) is 22.3 Å².